The van der Waals surface area contributed by atoms with Crippen molar-refractivity contribution < 1.29 is 13.9 Å². The lowest BCUT2D eigenvalue weighted by Gasteiger charge is -2.18. The molecule has 3 rings (SSSR count). The van der Waals surface area contributed by atoms with Gasteiger partial charge in [-0.2, -0.15) is 13.9 Å². The third kappa shape index (κ3) is 1.75. The lowest BCUT2D eigenvalue weighted by Crippen LogP contribution is -2.26. The van der Waals surface area contributed by atoms with Gasteiger partial charge in [-0.15, -0.1) is 0 Å². The molecule has 0 saturated heterocycles. The summed E-state index contributed by atoms with van der Waals surface area (Å²) in [5.74, 6) is -2.88. The van der Waals surface area contributed by atoms with E-state index >= 15 is 0 Å². The van der Waals surface area contributed by atoms with Gasteiger partial charge in [0, 0.05) is 31.5 Å². The molecule has 0 bridgehead atoms. The molecule has 3 heterocycles. The SMILES string of the molecule is OC1CCC(F)(F)c2c3c(nn2C1)CCNC3. The summed E-state index contributed by atoms with van der Waals surface area (Å²) >= 11 is 0. The van der Waals surface area contributed by atoms with E-state index < -0.39 is 12.0 Å². The van der Waals surface area contributed by atoms with E-state index in [0.29, 0.717) is 18.5 Å². The second-order valence-corrected chi connectivity index (χ2v) is 4.78. The van der Waals surface area contributed by atoms with Gasteiger partial charge in [-0.05, 0) is 6.42 Å². The van der Waals surface area contributed by atoms with Gasteiger partial charge in [-0.1, -0.05) is 0 Å². The molecule has 4 nitrogen and oxygen atoms in total. The molecule has 1 atom stereocenters. The monoisotopic (exact) mass is 243 g/mol. The maximum absolute atomic E-state index is 14.1. The van der Waals surface area contributed by atoms with E-state index in [2.05, 4.69) is 10.4 Å². The van der Waals surface area contributed by atoms with Crippen LogP contribution in [0.3, 0.4) is 0 Å². The summed E-state index contributed by atoms with van der Waals surface area (Å²) in [5, 5.41) is 17.0. The van der Waals surface area contributed by atoms with Crippen molar-refractivity contribution in [2.24, 2.45) is 0 Å². The van der Waals surface area contributed by atoms with Crippen molar-refractivity contribution in [3.63, 3.8) is 0 Å². The van der Waals surface area contributed by atoms with Crippen molar-refractivity contribution in [2.75, 3.05) is 6.54 Å². The van der Waals surface area contributed by atoms with Gasteiger partial charge in [-0.25, -0.2) is 0 Å². The normalized spacial score (nSPS) is 27.1. The van der Waals surface area contributed by atoms with E-state index in [1.165, 1.54) is 4.68 Å². The molecule has 6 heteroatoms. The Labute approximate surface area is 97.6 Å². The van der Waals surface area contributed by atoms with Crippen molar-refractivity contribution in [1.82, 2.24) is 15.1 Å². The molecule has 0 fully saturated rings. The second kappa shape index (κ2) is 3.74. The summed E-state index contributed by atoms with van der Waals surface area (Å²) < 4.78 is 29.4. The van der Waals surface area contributed by atoms with Gasteiger partial charge in [-0.3, -0.25) is 4.68 Å². The Bertz CT molecular complexity index is 444. The highest BCUT2D eigenvalue weighted by Gasteiger charge is 2.42. The van der Waals surface area contributed by atoms with Gasteiger partial charge in [0.1, 0.15) is 5.69 Å². The Morgan fingerprint density at radius 2 is 2.29 bits per heavy atom. The summed E-state index contributed by atoms with van der Waals surface area (Å²) in [6.45, 7) is 1.41. The summed E-state index contributed by atoms with van der Waals surface area (Å²) in [5.41, 5.74) is 1.40. The number of nitrogens with one attached hydrogen (secondary N) is 1. The van der Waals surface area contributed by atoms with Crippen LogP contribution < -0.4 is 5.32 Å². The second-order valence-electron chi connectivity index (χ2n) is 4.78. The van der Waals surface area contributed by atoms with E-state index in [4.69, 9.17) is 0 Å². The Balaban J connectivity index is 2.13. The van der Waals surface area contributed by atoms with Crippen molar-refractivity contribution in [3.8, 4) is 0 Å². The molecule has 17 heavy (non-hydrogen) atoms. The highest BCUT2D eigenvalue weighted by molar-refractivity contribution is 5.32. The summed E-state index contributed by atoms with van der Waals surface area (Å²) in [7, 11) is 0. The van der Waals surface area contributed by atoms with Crippen LogP contribution in [0.1, 0.15) is 29.8 Å². The quantitative estimate of drug-likeness (QED) is 0.708. The summed E-state index contributed by atoms with van der Waals surface area (Å²) in [6, 6.07) is 0. The smallest absolute Gasteiger partial charge is 0.289 e. The van der Waals surface area contributed by atoms with Crippen molar-refractivity contribution in [1.29, 1.82) is 0 Å². The maximum Gasteiger partial charge on any atom is 0.289 e. The Morgan fingerprint density at radius 3 is 3.12 bits per heavy atom. The van der Waals surface area contributed by atoms with Gasteiger partial charge in [0.15, 0.2) is 0 Å². The number of rotatable bonds is 0. The number of hydrogen-bond acceptors (Lipinski definition) is 3. The molecule has 0 aromatic carbocycles. The zero-order valence-corrected chi connectivity index (χ0v) is 9.42. The van der Waals surface area contributed by atoms with Crippen LogP contribution in [0.15, 0.2) is 0 Å². The zero-order chi connectivity index (χ0) is 12.0. The molecule has 2 aliphatic rings. The molecule has 2 N–H and O–H groups in total. The largest absolute Gasteiger partial charge is 0.391 e. The highest BCUT2D eigenvalue weighted by Crippen LogP contribution is 2.39. The first-order chi connectivity index (χ1) is 8.08. The Morgan fingerprint density at radius 1 is 1.47 bits per heavy atom. The Kier molecular flexibility index (Phi) is 2.45. The minimum absolute atomic E-state index is 0.0104. The van der Waals surface area contributed by atoms with Crippen molar-refractivity contribution in [3.05, 3.63) is 17.0 Å². The number of fused-ring (bicyclic) bond motifs is 3. The average molecular weight is 243 g/mol. The number of aromatic nitrogens is 2. The van der Waals surface area contributed by atoms with Gasteiger partial charge in [0.05, 0.1) is 18.3 Å². The molecule has 1 aromatic rings. The average Bonchev–Trinajstić information content (AvgIpc) is 2.59. The highest BCUT2D eigenvalue weighted by atomic mass is 19.3. The Hall–Kier alpha value is -1.01. The first kappa shape index (κ1) is 11.1. The summed E-state index contributed by atoms with van der Waals surface area (Å²) in [4.78, 5) is 0. The predicted octanol–water partition coefficient (Wildman–Crippen LogP) is 0.775. The maximum atomic E-state index is 14.1. The van der Waals surface area contributed by atoms with E-state index in [1.807, 2.05) is 0 Å². The predicted molar refractivity (Wildman–Crippen MR) is 56.8 cm³/mol. The van der Waals surface area contributed by atoms with Gasteiger partial charge in [0.2, 0.25) is 0 Å². The number of aliphatic hydroxyl groups excluding tert-OH is 1. The number of halogens is 2. The van der Waals surface area contributed by atoms with Crippen LogP contribution in [-0.2, 0) is 25.4 Å². The third-order valence-electron chi connectivity index (χ3n) is 3.50. The molecule has 94 valence electrons. The van der Waals surface area contributed by atoms with Crippen LogP contribution in [0.25, 0.3) is 0 Å². The lowest BCUT2D eigenvalue weighted by molar-refractivity contribution is -0.0245. The fourth-order valence-electron chi connectivity index (χ4n) is 2.65. The molecular weight excluding hydrogens is 228 g/mol. The molecule has 0 saturated carbocycles. The number of hydrogen-bond donors (Lipinski definition) is 2. The minimum atomic E-state index is -2.88. The van der Waals surface area contributed by atoms with Crippen molar-refractivity contribution in [2.45, 2.75) is 44.4 Å². The van der Waals surface area contributed by atoms with Crippen LogP contribution in [0.2, 0.25) is 0 Å². The van der Waals surface area contributed by atoms with Crippen molar-refractivity contribution >= 4 is 0 Å². The van der Waals surface area contributed by atoms with Crippen LogP contribution >= 0.6 is 0 Å². The third-order valence-corrected chi connectivity index (χ3v) is 3.50. The minimum Gasteiger partial charge on any atom is -0.391 e. The summed E-state index contributed by atoms with van der Waals surface area (Å²) in [6.07, 6.45) is -0.219. The van der Waals surface area contributed by atoms with Gasteiger partial charge >= 0.3 is 0 Å². The lowest BCUT2D eigenvalue weighted by atomic mass is 10.0. The number of alkyl halides is 2. The van der Waals surface area contributed by atoms with E-state index in [9.17, 15) is 13.9 Å². The molecule has 1 unspecified atom stereocenters. The zero-order valence-electron chi connectivity index (χ0n) is 9.42. The van der Waals surface area contributed by atoms with Crippen LogP contribution in [0.4, 0.5) is 8.78 Å². The molecule has 0 amide bonds. The van der Waals surface area contributed by atoms with E-state index in [1.54, 1.807) is 0 Å². The van der Waals surface area contributed by atoms with Crippen LogP contribution in [0, 0.1) is 0 Å². The first-order valence-electron chi connectivity index (χ1n) is 5.93. The molecule has 0 spiro atoms. The topological polar surface area (TPSA) is 50.1 Å². The molecular formula is C11H15F2N3O. The fraction of sp³-hybridized carbons (Fsp3) is 0.727. The molecule has 0 radical (unpaired) electrons. The molecule has 1 aromatic heterocycles. The van der Waals surface area contributed by atoms with E-state index in [-0.39, 0.29) is 25.1 Å². The van der Waals surface area contributed by atoms with Gasteiger partial charge < -0.3 is 10.4 Å². The van der Waals surface area contributed by atoms with E-state index in [0.717, 1.165) is 12.2 Å². The van der Waals surface area contributed by atoms with Gasteiger partial charge in [0.25, 0.3) is 5.92 Å². The number of aliphatic hydroxyl groups is 1. The standard InChI is InChI=1S/C11H15F2N3O/c12-11(13)3-1-7(17)6-16-10(11)8-5-14-4-2-9(8)15-16/h7,14,17H,1-6H2. The fourth-order valence-corrected chi connectivity index (χ4v) is 2.65. The van der Waals surface area contributed by atoms with Crippen LogP contribution in [-0.4, -0.2) is 27.5 Å². The first-order valence-corrected chi connectivity index (χ1v) is 5.93. The van der Waals surface area contributed by atoms with Crippen LogP contribution in [0.5, 0.6) is 0 Å². The number of nitrogens with zero attached hydrogens (tertiary/aromatic N) is 2. The molecule has 2 aliphatic heterocycles. The molecule has 0 aliphatic carbocycles.